The number of hydrogen-bond acceptors (Lipinski definition) is 3. The minimum absolute atomic E-state index is 0.210. The number of pyridine rings is 1. The van der Waals surface area contributed by atoms with Gasteiger partial charge >= 0.3 is 5.97 Å². The van der Waals surface area contributed by atoms with Gasteiger partial charge < -0.3 is 10.4 Å². The summed E-state index contributed by atoms with van der Waals surface area (Å²) in [5.74, 6) is -1.57. The van der Waals surface area contributed by atoms with Crippen molar-refractivity contribution in [1.82, 2.24) is 10.3 Å². The zero-order valence-electron chi connectivity index (χ0n) is 9.75. The van der Waals surface area contributed by atoms with Gasteiger partial charge in [-0.05, 0) is 19.1 Å². The molecule has 1 aromatic carbocycles. The number of carboxylic acid groups (broad SMARTS) is 1. The van der Waals surface area contributed by atoms with Crippen LogP contribution in [0.25, 0.3) is 10.9 Å². The van der Waals surface area contributed by atoms with Gasteiger partial charge in [0.1, 0.15) is 11.7 Å². The first-order valence-corrected chi connectivity index (χ1v) is 5.47. The van der Waals surface area contributed by atoms with Crippen molar-refractivity contribution in [3.05, 3.63) is 42.1 Å². The number of aromatic nitrogens is 1. The van der Waals surface area contributed by atoms with Crippen LogP contribution in [-0.2, 0) is 4.79 Å². The van der Waals surface area contributed by atoms with Crippen molar-refractivity contribution in [2.75, 3.05) is 0 Å². The molecule has 5 nitrogen and oxygen atoms in total. The van der Waals surface area contributed by atoms with Crippen molar-refractivity contribution in [2.45, 2.75) is 13.0 Å². The number of amides is 1. The Balaban J connectivity index is 2.25. The van der Waals surface area contributed by atoms with Crippen LogP contribution in [0.1, 0.15) is 17.4 Å². The van der Waals surface area contributed by atoms with E-state index in [-0.39, 0.29) is 5.69 Å². The zero-order valence-corrected chi connectivity index (χ0v) is 9.75. The summed E-state index contributed by atoms with van der Waals surface area (Å²) in [6, 6.07) is 9.82. The molecule has 0 spiro atoms. The third-order valence-electron chi connectivity index (χ3n) is 2.55. The summed E-state index contributed by atoms with van der Waals surface area (Å²) in [4.78, 5) is 26.6. The summed E-state index contributed by atoms with van der Waals surface area (Å²) in [5.41, 5.74) is 0.912. The number of carbonyl (C=O) groups is 2. The molecule has 2 rings (SSSR count). The predicted molar refractivity (Wildman–Crippen MR) is 66.3 cm³/mol. The van der Waals surface area contributed by atoms with E-state index in [1.807, 2.05) is 18.2 Å². The lowest BCUT2D eigenvalue weighted by Crippen LogP contribution is -2.38. The Bertz CT molecular complexity index is 610. The molecule has 0 saturated heterocycles. The third-order valence-corrected chi connectivity index (χ3v) is 2.55. The van der Waals surface area contributed by atoms with E-state index in [1.54, 1.807) is 18.2 Å². The topological polar surface area (TPSA) is 79.3 Å². The largest absolute Gasteiger partial charge is 0.480 e. The Morgan fingerprint density at radius 1 is 1.22 bits per heavy atom. The van der Waals surface area contributed by atoms with Crippen LogP contribution in [-0.4, -0.2) is 28.0 Å². The smallest absolute Gasteiger partial charge is 0.325 e. The quantitative estimate of drug-likeness (QED) is 0.856. The molecule has 92 valence electrons. The highest BCUT2D eigenvalue weighted by Gasteiger charge is 2.16. The molecule has 0 bridgehead atoms. The zero-order chi connectivity index (χ0) is 13.1. The summed E-state index contributed by atoms with van der Waals surface area (Å²) >= 11 is 0. The standard InChI is InChI=1S/C13H12N2O3/c1-8(13(17)18)14-12(16)11-7-6-9-4-2-3-5-10(9)15-11/h2-8H,1H3,(H,14,16)(H,17,18)/t8-/m0/s1. The monoisotopic (exact) mass is 244 g/mol. The van der Waals surface area contributed by atoms with Crippen LogP contribution >= 0.6 is 0 Å². The van der Waals surface area contributed by atoms with Crippen molar-refractivity contribution in [3.8, 4) is 0 Å². The van der Waals surface area contributed by atoms with Crippen LogP contribution in [0.5, 0.6) is 0 Å². The van der Waals surface area contributed by atoms with E-state index in [0.717, 1.165) is 5.39 Å². The average Bonchev–Trinajstić information content (AvgIpc) is 2.37. The molecule has 0 aliphatic rings. The fraction of sp³-hybridized carbons (Fsp3) is 0.154. The first-order valence-electron chi connectivity index (χ1n) is 5.47. The van der Waals surface area contributed by atoms with Gasteiger partial charge in [-0.2, -0.15) is 0 Å². The molecule has 0 fully saturated rings. The highest BCUT2D eigenvalue weighted by molar-refractivity contribution is 5.96. The van der Waals surface area contributed by atoms with Crippen LogP contribution in [0.2, 0.25) is 0 Å². The van der Waals surface area contributed by atoms with Gasteiger partial charge in [-0.25, -0.2) is 4.98 Å². The maximum Gasteiger partial charge on any atom is 0.325 e. The third kappa shape index (κ3) is 2.45. The second-order valence-electron chi connectivity index (χ2n) is 3.92. The minimum Gasteiger partial charge on any atom is -0.480 e. The number of aliphatic carboxylic acids is 1. The molecule has 0 unspecified atom stereocenters. The molecule has 5 heteroatoms. The summed E-state index contributed by atoms with van der Waals surface area (Å²) < 4.78 is 0. The van der Waals surface area contributed by atoms with E-state index in [9.17, 15) is 9.59 Å². The van der Waals surface area contributed by atoms with E-state index in [4.69, 9.17) is 5.11 Å². The van der Waals surface area contributed by atoms with Gasteiger partial charge in [-0.1, -0.05) is 24.3 Å². The second kappa shape index (κ2) is 4.83. The SMILES string of the molecule is C[C@H](NC(=O)c1ccc2ccccc2n1)C(=O)O. The Kier molecular flexibility index (Phi) is 3.23. The molecule has 1 amide bonds. The summed E-state index contributed by atoms with van der Waals surface area (Å²) in [6.07, 6.45) is 0. The van der Waals surface area contributed by atoms with E-state index in [0.29, 0.717) is 5.52 Å². The highest BCUT2D eigenvalue weighted by Crippen LogP contribution is 2.11. The van der Waals surface area contributed by atoms with Gasteiger partial charge in [-0.3, -0.25) is 9.59 Å². The molecule has 0 saturated carbocycles. The van der Waals surface area contributed by atoms with Gasteiger partial charge in [0.05, 0.1) is 5.52 Å². The highest BCUT2D eigenvalue weighted by atomic mass is 16.4. The number of rotatable bonds is 3. The molecule has 0 aliphatic carbocycles. The van der Waals surface area contributed by atoms with E-state index < -0.39 is 17.9 Å². The number of carboxylic acids is 1. The lowest BCUT2D eigenvalue weighted by atomic mass is 10.2. The number of carbonyl (C=O) groups excluding carboxylic acids is 1. The fourth-order valence-electron chi connectivity index (χ4n) is 1.52. The van der Waals surface area contributed by atoms with Gasteiger partial charge in [-0.15, -0.1) is 0 Å². The van der Waals surface area contributed by atoms with Crippen molar-refractivity contribution in [2.24, 2.45) is 0 Å². The first-order chi connectivity index (χ1) is 8.58. The molecule has 2 N–H and O–H groups in total. The molecule has 18 heavy (non-hydrogen) atoms. The number of benzene rings is 1. The molecule has 1 heterocycles. The minimum atomic E-state index is -1.08. The van der Waals surface area contributed by atoms with Crippen LogP contribution in [0, 0.1) is 0 Å². The van der Waals surface area contributed by atoms with E-state index in [1.165, 1.54) is 6.92 Å². The lowest BCUT2D eigenvalue weighted by molar-refractivity contribution is -0.138. The molecule has 0 radical (unpaired) electrons. The molecular weight excluding hydrogens is 232 g/mol. The maximum atomic E-state index is 11.8. The number of fused-ring (bicyclic) bond motifs is 1. The summed E-state index contributed by atoms with van der Waals surface area (Å²) in [5, 5.41) is 12.0. The Morgan fingerprint density at radius 3 is 2.67 bits per heavy atom. The molecule has 2 aromatic rings. The Hall–Kier alpha value is -2.43. The van der Waals surface area contributed by atoms with Crippen molar-refractivity contribution >= 4 is 22.8 Å². The summed E-state index contributed by atoms with van der Waals surface area (Å²) in [6.45, 7) is 1.40. The Labute approximate surface area is 103 Å². The number of para-hydroxylation sites is 1. The van der Waals surface area contributed by atoms with Gasteiger partial charge in [0.25, 0.3) is 5.91 Å². The molecular formula is C13H12N2O3. The van der Waals surface area contributed by atoms with Crippen LogP contribution in [0.3, 0.4) is 0 Å². The van der Waals surface area contributed by atoms with Crippen LogP contribution in [0.4, 0.5) is 0 Å². The van der Waals surface area contributed by atoms with Crippen molar-refractivity contribution < 1.29 is 14.7 Å². The molecule has 1 atom stereocenters. The van der Waals surface area contributed by atoms with Crippen molar-refractivity contribution in [1.29, 1.82) is 0 Å². The Morgan fingerprint density at radius 2 is 1.94 bits per heavy atom. The van der Waals surface area contributed by atoms with Crippen molar-refractivity contribution in [3.63, 3.8) is 0 Å². The lowest BCUT2D eigenvalue weighted by Gasteiger charge is -2.08. The maximum absolute atomic E-state index is 11.8. The van der Waals surface area contributed by atoms with E-state index in [2.05, 4.69) is 10.3 Å². The van der Waals surface area contributed by atoms with Gasteiger partial charge in [0.15, 0.2) is 0 Å². The number of hydrogen-bond donors (Lipinski definition) is 2. The normalized spacial score (nSPS) is 12.1. The number of nitrogens with one attached hydrogen (secondary N) is 1. The van der Waals surface area contributed by atoms with E-state index >= 15 is 0 Å². The average molecular weight is 244 g/mol. The second-order valence-corrected chi connectivity index (χ2v) is 3.92. The summed E-state index contributed by atoms with van der Waals surface area (Å²) in [7, 11) is 0. The predicted octanol–water partition coefficient (Wildman–Crippen LogP) is 1.44. The van der Waals surface area contributed by atoms with Gasteiger partial charge in [0, 0.05) is 5.39 Å². The van der Waals surface area contributed by atoms with Crippen LogP contribution < -0.4 is 5.32 Å². The number of nitrogens with zero attached hydrogens (tertiary/aromatic N) is 1. The fourth-order valence-corrected chi connectivity index (χ4v) is 1.52. The molecule has 0 aliphatic heterocycles. The first kappa shape index (κ1) is 12.0. The van der Waals surface area contributed by atoms with Crippen LogP contribution in [0.15, 0.2) is 36.4 Å². The molecule has 1 aromatic heterocycles. The van der Waals surface area contributed by atoms with Gasteiger partial charge in [0.2, 0.25) is 0 Å².